The smallest absolute Gasteiger partial charge is 0.230 e. The Morgan fingerprint density at radius 1 is 1.03 bits per heavy atom. The molecule has 4 rings (SSSR count). The van der Waals surface area contributed by atoms with Crippen molar-refractivity contribution in [2.75, 3.05) is 25.5 Å². The Bertz CT molecular complexity index is 931. The predicted octanol–water partition coefficient (Wildman–Crippen LogP) is 7.01. The lowest BCUT2D eigenvalue weighted by Gasteiger charge is -2.40. The van der Waals surface area contributed by atoms with Gasteiger partial charge in [0.25, 0.3) is 0 Å². The minimum atomic E-state index is -0.278. The van der Waals surface area contributed by atoms with Crippen LogP contribution in [-0.4, -0.2) is 37.0 Å². The number of hydrogen-bond donors (Lipinski definition) is 1. The van der Waals surface area contributed by atoms with Gasteiger partial charge < -0.3 is 15.0 Å². The number of carbonyl (C=O) groups excluding carboxylic acids is 1. The highest BCUT2D eigenvalue weighted by Crippen LogP contribution is 2.44. The zero-order chi connectivity index (χ0) is 24.1. The second-order valence-corrected chi connectivity index (χ2v) is 11.1. The van der Waals surface area contributed by atoms with E-state index in [-0.39, 0.29) is 11.3 Å². The third kappa shape index (κ3) is 6.21. The molecule has 1 aliphatic carbocycles. The van der Waals surface area contributed by atoms with Crippen molar-refractivity contribution in [3.63, 3.8) is 0 Å². The van der Waals surface area contributed by atoms with E-state index < -0.39 is 0 Å². The van der Waals surface area contributed by atoms with Gasteiger partial charge in [0.1, 0.15) is 11.9 Å². The number of anilines is 1. The third-order valence-corrected chi connectivity index (χ3v) is 7.82. The van der Waals surface area contributed by atoms with Crippen LogP contribution in [0.5, 0.6) is 5.75 Å². The number of nitrogens with zero attached hydrogens (tertiary/aromatic N) is 1. The van der Waals surface area contributed by atoms with Crippen molar-refractivity contribution in [2.45, 2.75) is 71.8 Å². The fraction of sp³-hybridized carbons (Fsp3) is 0.567. The van der Waals surface area contributed by atoms with Crippen molar-refractivity contribution in [3.8, 4) is 16.9 Å². The van der Waals surface area contributed by atoms with E-state index in [1.165, 1.54) is 19.3 Å². The molecule has 2 fully saturated rings. The van der Waals surface area contributed by atoms with E-state index in [9.17, 15) is 4.79 Å². The largest absolute Gasteiger partial charge is 0.490 e. The van der Waals surface area contributed by atoms with Gasteiger partial charge in [-0.15, -0.1) is 0 Å². The van der Waals surface area contributed by atoms with E-state index in [4.69, 9.17) is 4.74 Å². The van der Waals surface area contributed by atoms with Crippen molar-refractivity contribution in [2.24, 2.45) is 17.3 Å². The van der Waals surface area contributed by atoms with Crippen molar-refractivity contribution >= 4 is 11.6 Å². The first-order valence-corrected chi connectivity index (χ1v) is 13.2. The highest BCUT2D eigenvalue weighted by Gasteiger charge is 2.40. The molecular weight excluding hydrogens is 420 g/mol. The summed E-state index contributed by atoms with van der Waals surface area (Å²) in [4.78, 5) is 15.6. The SMILES string of the molecule is CCCC1CC(C)CC(C)(C(=O)Nc2ccc(-c3ccc(OC4CCN(C)CC4)cc3)cc2)C1. The van der Waals surface area contributed by atoms with Gasteiger partial charge in [-0.1, -0.05) is 57.9 Å². The average Bonchev–Trinajstić information content (AvgIpc) is 2.81. The second-order valence-electron chi connectivity index (χ2n) is 11.1. The van der Waals surface area contributed by atoms with Crippen LogP contribution in [0.3, 0.4) is 0 Å². The van der Waals surface area contributed by atoms with E-state index in [0.717, 1.165) is 61.3 Å². The summed E-state index contributed by atoms with van der Waals surface area (Å²) < 4.78 is 6.18. The molecule has 3 atom stereocenters. The van der Waals surface area contributed by atoms with Crippen LogP contribution >= 0.6 is 0 Å². The maximum Gasteiger partial charge on any atom is 0.230 e. The van der Waals surface area contributed by atoms with Crippen LogP contribution in [0.1, 0.15) is 65.7 Å². The molecule has 3 unspecified atom stereocenters. The minimum absolute atomic E-state index is 0.170. The summed E-state index contributed by atoms with van der Waals surface area (Å²) in [7, 11) is 2.17. The van der Waals surface area contributed by atoms with Gasteiger partial charge in [0, 0.05) is 24.2 Å². The van der Waals surface area contributed by atoms with Crippen LogP contribution in [0.4, 0.5) is 5.69 Å². The van der Waals surface area contributed by atoms with Gasteiger partial charge in [0.05, 0.1) is 0 Å². The van der Waals surface area contributed by atoms with Gasteiger partial charge in [-0.25, -0.2) is 0 Å². The Labute approximate surface area is 206 Å². The lowest BCUT2D eigenvalue weighted by Crippen LogP contribution is -2.40. The van der Waals surface area contributed by atoms with Crippen LogP contribution in [0, 0.1) is 17.3 Å². The molecule has 0 bridgehead atoms. The molecule has 4 nitrogen and oxygen atoms in total. The molecule has 2 aliphatic rings. The molecule has 1 saturated carbocycles. The van der Waals surface area contributed by atoms with E-state index in [0.29, 0.717) is 17.9 Å². The monoisotopic (exact) mass is 462 g/mol. The number of hydrogen-bond acceptors (Lipinski definition) is 3. The Morgan fingerprint density at radius 3 is 2.26 bits per heavy atom. The molecule has 1 heterocycles. The molecule has 1 aliphatic heterocycles. The van der Waals surface area contributed by atoms with E-state index in [1.54, 1.807) is 0 Å². The normalized spacial score (nSPS) is 26.2. The van der Waals surface area contributed by atoms with Gasteiger partial charge in [-0.05, 0) is 86.4 Å². The summed E-state index contributed by atoms with van der Waals surface area (Å²) in [6, 6.07) is 16.6. The van der Waals surface area contributed by atoms with Crippen LogP contribution < -0.4 is 10.1 Å². The van der Waals surface area contributed by atoms with Crippen molar-refractivity contribution < 1.29 is 9.53 Å². The quantitative estimate of drug-likeness (QED) is 0.481. The summed E-state index contributed by atoms with van der Waals surface area (Å²) in [5.41, 5.74) is 2.90. The molecule has 0 aromatic heterocycles. The van der Waals surface area contributed by atoms with Crippen molar-refractivity contribution in [3.05, 3.63) is 48.5 Å². The van der Waals surface area contributed by atoms with Gasteiger partial charge in [-0.3, -0.25) is 4.79 Å². The number of nitrogens with one attached hydrogen (secondary N) is 1. The van der Waals surface area contributed by atoms with Crippen molar-refractivity contribution in [1.29, 1.82) is 0 Å². The number of ether oxygens (including phenoxy) is 1. The summed E-state index contributed by atoms with van der Waals surface area (Å²) >= 11 is 0. The molecule has 2 aromatic rings. The molecule has 4 heteroatoms. The topological polar surface area (TPSA) is 41.6 Å². The summed E-state index contributed by atoms with van der Waals surface area (Å²) in [5, 5.41) is 3.21. The fourth-order valence-corrected chi connectivity index (χ4v) is 6.09. The maximum atomic E-state index is 13.2. The number of carbonyl (C=O) groups is 1. The van der Waals surface area contributed by atoms with E-state index >= 15 is 0 Å². The summed E-state index contributed by atoms with van der Waals surface area (Å²) in [6.07, 6.45) is 8.14. The first-order valence-electron chi connectivity index (χ1n) is 13.2. The van der Waals surface area contributed by atoms with E-state index in [1.807, 2.05) is 12.1 Å². The number of piperidine rings is 1. The first-order chi connectivity index (χ1) is 16.3. The zero-order valence-corrected chi connectivity index (χ0v) is 21.5. The van der Waals surface area contributed by atoms with Crippen LogP contribution in [-0.2, 0) is 4.79 Å². The molecular formula is C30H42N2O2. The summed E-state index contributed by atoms with van der Waals surface area (Å²) in [5.74, 6) is 2.38. The Hall–Kier alpha value is -2.33. The molecule has 1 N–H and O–H groups in total. The predicted molar refractivity (Wildman–Crippen MR) is 141 cm³/mol. The molecule has 184 valence electrons. The fourth-order valence-electron chi connectivity index (χ4n) is 6.09. The molecule has 1 amide bonds. The number of rotatable bonds is 7. The Kier molecular flexibility index (Phi) is 7.98. The molecule has 1 saturated heterocycles. The zero-order valence-electron chi connectivity index (χ0n) is 21.5. The third-order valence-electron chi connectivity index (χ3n) is 7.82. The van der Waals surface area contributed by atoms with Gasteiger partial charge in [0.15, 0.2) is 0 Å². The minimum Gasteiger partial charge on any atom is -0.490 e. The lowest BCUT2D eigenvalue weighted by atomic mass is 9.65. The Morgan fingerprint density at radius 2 is 1.65 bits per heavy atom. The highest BCUT2D eigenvalue weighted by atomic mass is 16.5. The van der Waals surface area contributed by atoms with E-state index in [2.05, 4.69) is 74.4 Å². The van der Waals surface area contributed by atoms with Gasteiger partial charge >= 0.3 is 0 Å². The van der Waals surface area contributed by atoms with Gasteiger partial charge in [0.2, 0.25) is 5.91 Å². The van der Waals surface area contributed by atoms with Crippen molar-refractivity contribution in [1.82, 2.24) is 4.90 Å². The summed E-state index contributed by atoms with van der Waals surface area (Å²) in [6.45, 7) is 8.90. The first kappa shape index (κ1) is 24.8. The van der Waals surface area contributed by atoms with Crippen LogP contribution in [0.2, 0.25) is 0 Å². The molecule has 2 aromatic carbocycles. The number of amides is 1. The number of benzene rings is 2. The molecule has 0 spiro atoms. The second kappa shape index (κ2) is 10.9. The standard InChI is InChI=1S/C30H42N2O2/c1-5-6-23-19-22(2)20-30(3,21-23)29(33)31-26-11-7-24(8-12-26)25-9-13-27(14-10-25)34-28-15-17-32(4)18-16-28/h7-14,22-23,28H,5-6,15-21H2,1-4H3,(H,31,33). The van der Waals surface area contributed by atoms with Crippen LogP contribution in [0.15, 0.2) is 48.5 Å². The lowest BCUT2D eigenvalue weighted by molar-refractivity contribution is -0.128. The number of likely N-dealkylation sites (tertiary alicyclic amines) is 1. The molecule has 0 radical (unpaired) electrons. The highest BCUT2D eigenvalue weighted by molar-refractivity contribution is 5.95. The Balaban J connectivity index is 1.35. The average molecular weight is 463 g/mol. The van der Waals surface area contributed by atoms with Gasteiger partial charge in [-0.2, -0.15) is 0 Å². The maximum absolute atomic E-state index is 13.2. The van der Waals surface area contributed by atoms with Crippen LogP contribution in [0.25, 0.3) is 11.1 Å². The molecule has 34 heavy (non-hydrogen) atoms.